The van der Waals surface area contributed by atoms with Crippen molar-refractivity contribution in [1.82, 2.24) is 0 Å². The fourth-order valence-electron chi connectivity index (χ4n) is 6.67. The van der Waals surface area contributed by atoms with Crippen LogP contribution in [0.5, 0.6) is 0 Å². The highest BCUT2D eigenvalue weighted by Gasteiger charge is 2.24. The number of nitrogens with zero attached hydrogens (tertiary/aromatic N) is 2. The van der Waals surface area contributed by atoms with Gasteiger partial charge in [0.1, 0.15) is 62.8 Å². The molecule has 52 heavy (non-hydrogen) atoms. The van der Waals surface area contributed by atoms with E-state index in [1.807, 2.05) is 126 Å². The van der Waals surface area contributed by atoms with Gasteiger partial charge >= 0.3 is 0 Å². The van der Waals surface area contributed by atoms with Gasteiger partial charge in [0.25, 0.3) is 0 Å². The Morgan fingerprint density at radius 1 is 0.250 bits per heavy atom. The van der Waals surface area contributed by atoms with Crippen molar-refractivity contribution < 1.29 is 0 Å². The van der Waals surface area contributed by atoms with Crippen molar-refractivity contribution in [3.63, 3.8) is 0 Å². The maximum Gasteiger partial charge on any atom is 0.115 e. The topological polar surface area (TPSA) is 6.48 Å². The van der Waals surface area contributed by atoms with E-state index in [-0.39, 0.29) is 54.8 Å². The molecule has 7 rings (SSSR count). The van der Waals surface area contributed by atoms with E-state index in [2.05, 4.69) is 29.2 Å². The van der Waals surface area contributed by atoms with Gasteiger partial charge in [0.05, 0.1) is 0 Å². The summed E-state index contributed by atoms with van der Waals surface area (Å²) in [4.78, 5) is 4.06. The van der Waals surface area contributed by atoms with Crippen molar-refractivity contribution >= 4 is 141 Å². The monoisotopic (exact) mass is 644 g/mol. The normalized spacial score (nSPS) is 10.9. The van der Waals surface area contributed by atoms with Crippen LogP contribution in [0.1, 0.15) is 0 Å². The van der Waals surface area contributed by atoms with Crippen molar-refractivity contribution in [2.75, 3.05) is 9.80 Å². The fourth-order valence-corrected chi connectivity index (χ4v) is 6.67. The number of anilines is 6. The molecule has 7 aromatic rings. The van der Waals surface area contributed by atoms with Crippen molar-refractivity contribution in [1.29, 1.82) is 0 Å². The molecule has 0 amide bonds. The molecule has 0 unspecified atom stereocenters. The molecule has 0 bridgehead atoms. The van der Waals surface area contributed by atoms with Crippen molar-refractivity contribution in [3.05, 3.63) is 146 Å². The fraction of sp³-hybridized carbons (Fsp3) is 0. The van der Waals surface area contributed by atoms with Crippen LogP contribution in [0.3, 0.4) is 0 Å². The van der Waals surface area contributed by atoms with Gasteiger partial charge in [0, 0.05) is 34.1 Å². The summed E-state index contributed by atoms with van der Waals surface area (Å²) < 4.78 is 0. The third-order valence-electron chi connectivity index (χ3n) is 9.23. The Hall–Kier alpha value is -5.34. The molecule has 0 saturated carbocycles. The summed E-state index contributed by atoms with van der Waals surface area (Å²) in [6.45, 7) is 0. The molecule has 10 heteroatoms. The molecular formula is C42H24B8N2. The van der Waals surface area contributed by atoms with Crippen LogP contribution in [0, 0.1) is 0 Å². The lowest BCUT2D eigenvalue weighted by Gasteiger charge is -2.34. The second-order valence-corrected chi connectivity index (χ2v) is 12.3. The van der Waals surface area contributed by atoms with Gasteiger partial charge in [0.15, 0.2) is 0 Å². The molecule has 0 heterocycles. The van der Waals surface area contributed by atoms with Crippen molar-refractivity contribution in [2.45, 2.75) is 0 Å². The highest BCUT2D eigenvalue weighted by atomic mass is 15.1. The Bertz CT molecular complexity index is 2240. The first-order chi connectivity index (χ1) is 25.2. The van der Waals surface area contributed by atoms with Gasteiger partial charge < -0.3 is 9.80 Å². The molecule has 0 saturated heterocycles. The average Bonchev–Trinajstić information content (AvgIpc) is 3.18. The molecule has 0 aliphatic carbocycles. The van der Waals surface area contributed by atoms with E-state index in [1.54, 1.807) is 0 Å². The quantitative estimate of drug-likeness (QED) is 0.235. The molecule has 16 radical (unpaired) electrons. The van der Waals surface area contributed by atoms with Crippen LogP contribution in [0.15, 0.2) is 146 Å². The summed E-state index contributed by atoms with van der Waals surface area (Å²) in [6, 6.07) is 47.4. The zero-order valence-electron chi connectivity index (χ0n) is 28.4. The van der Waals surface area contributed by atoms with Gasteiger partial charge in [-0.15, -0.1) is 0 Å². The average molecular weight is 643 g/mol. The Balaban J connectivity index is 1.34. The van der Waals surface area contributed by atoms with Crippen LogP contribution in [0.4, 0.5) is 34.1 Å². The standard InChI is InChI=1S/C42H24B8N2/c43-34-31(25-21-23-30(24-22-25)51(26-13-5-1-6-14-26)27-15-7-2-8-16-27)35(44)37(46)32(36(34)45)33-38(47)40(49)42(41(50)39(33)48)52(28-17-9-3-10-18-28)29-19-11-4-12-20-29/h1-24H. The largest absolute Gasteiger partial charge is 0.312 e. The molecule has 7 aromatic carbocycles. The maximum atomic E-state index is 6.84. The Morgan fingerprint density at radius 2 is 0.519 bits per heavy atom. The summed E-state index contributed by atoms with van der Waals surface area (Å²) in [6.07, 6.45) is 0. The molecule has 0 aliphatic heterocycles. The lowest BCUT2D eigenvalue weighted by molar-refractivity contribution is 1.28. The zero-order chi connectivity index (χ0) is 36.5. The molecular weight excluding hydrogens is 619 g/mol. The number of para-hydroxylation sites is 4. The minimum atomic E-state index is 0.134. The maximum absolute atomic E-state index is 6.84. The van der Waals surface area contributed by atoms with Crippen LogP contribution in [-0.2, 0) is 0 Å². The highest BCUT2D eigenvalue weighted by Crippen LogP contribution is 2.35. The van der Waals surface area contributed by atoms with Gasteiger partial charge in [-0.2, -0.15) is 0 Å². The molecule has 0 N–H and O–H groups in total. The molecule has 0 fully saturated rings. The van der Waals surface area contributed by atoms with E-state index in [1.165, 1.54) is 0 Å². The molecule has 226 valence electrons. The summed E-state index contributed by atoms with van der Waals surface area (Å²) in [5.41, 5.74) is 8.08. The van der Waals surface area contributed by atoms with E-state index in [0.29, 0.717) is 11.3 Å². The minimum Gasteiger partial charge on any atom is -0.312 e. The van der Waals surface area contributed by atoms with Gasteiger partial charge in [-0.1, -0.05) is 129 Å². The lowest BCUT2D eigenvalue weighted by atomic mass is 9.58. The first-order valence-electron chi connectivity index (χ1n) is 16.6. The molecule has 0 atom stereocenters. The first-order valence-corrected chi connectivity index (χ1v) is 16.6. The summed E-state index contributed by atoms with van der Waals surface area (Å²) in [5.74, 6) is 0. The Kier molecular flexibility index (Phi) is 9.93. The van der Waals surface area contributed by atoms with Gasteiger partial charge in [0.2, 0.25) is 0 Å². The highest BCUT2D eigenvalue weighted by molar-refractivity contribution is 6.67. The van der Waals surface area contributed by atoms with E-state index in [9.17, 15) is 0 Å². The number of hydrogen-bond acceptors (Lipinski definition) is 2. The predicted octanol–water partition coefficient (Wildman–Crippen LogP) is 2.31. The SMILES string of the molecule is [B]c1c([B])c(-c2c([B])c([B])c(N(c3ccccc3)c3ccccc3)c([B])c2[B])c([B])c([B])c1-c1ccc(N(c2ccccc2)c2ccccc2)cc1. The van der Waals surface area contributed by atoms with E-state index >= 15 is 0 Å². The predicted molar refractivity (Wildman–Crippen MR) is 230 cm³/mol. The number of benzene rings is 7. The third kappa shape index (κ3) is 6.26. The zero-order valence-corrected chi connectivity index (χ0v) is 28.4. The van der Waals surface area contributed by atoms with Gasteiger partial charge in [-0.05, 0) is 82.9 Å². The molecule has 2 nitrogen and oxygen atoms in total. The van der Waals surface area contributed by atoms with Gasteiger partial charge in [-0.3, -0.25) is 0 Å². The summed E-state index contributed by atoms with van der Waals surface area (Å²) in [5, 5.41) is 0. The van der Waals surface area contributed by atoms with E-state index in [0.717, 1.165) is 34.0 Å². The Labute approximate surface area is 317 Å². The molecule has 0 aromatic heterocycles. The first kappa shape index (κ1) is 35.1. The van der Waals surface area contributed by atoms with E-state index in [4.69, 9.17) is 62.8 Å². The Morgan fingerprint density at radius 3 is 0.865 bits per heavy atom. The van der Waals surface area contributed by atoms with Crippen molar-refractivity contribution in [2.24, 2.45) is 0 Å². The lowest BCUT2D eigenvalue weighted by Crippen LogP contribution is -2.51. The minimum absolute atomic E-state index is 0.134. The van der Waals surface area contributed by atoms with Crippen LogP contribution >= 0.6 is 0 Å². The van der Waals surface area contributed by atoms with Gasteiger partial charge in [-0.25, -0.2) is 0 Å². The molecule has 0 spiro atoms. The molecule has 0 aliphatic rings. The summed E-state index contributed by atoms with van der Waals surface area (Å²) >= 11 is 0. The number of hydrogen-bond donors (Lipinski definition) is 0. The van der Waals surface area contributed by atoms with E-state index < -0.39 is 0 Å². The van der Waals surface area contributed by atoms with Crippen LogP contribution in [0.2, 0.25) is 0 Å². The van der Waals surface area contributed by atoms with Crippen LogP contribution in [0.25, 0.3) is 22.3 Å². The third-order valence-corrected chi connectivity index (χ3v) is 9.23. The summed E-state index contributed by atoms with van der Waals surface area (Å²) in [7, 11) is 54.5. The van der Waals surface area contributed by atoms with Crippen LogP contribution in [-0.4, -0.2) is 62.8 Å². The number of rotatable bonds is 8. The second-order valence-electron chi connectivity index (χ2n) is 12.3. The smallest absolute Gasteiger partial charge is 0.115 e. The van der Waals surface area contributed by atoms with Crippen molar-refractivity contribution in [3.8, 4) is 22.3 Å². The second kappa shape index (κ2) is 14.7. The van der Waals surface area contributed by atoms with Crippen LogP contribution < -0.4 is 53.5 Å².